The number of hydrogen-bond acceptors (Lipinski definition) is 3. The van der Waals surface area contributed by atoms with Crippen molar-refractivity contribution in [1.82, 2.24) is 10.2 Å². The maximum Gasteiger partial charge on any atom is 0.0659 e. The molecule has 2 nitrogen and oxygen atoms in total. The van der Waals surface area contributed by atoms with Crippen LogP contribution in [0.15, 0.2) is 6.07 Å². The maximum atomic E-state index is 3.90. The van der Waals surface area contributed by atoms with Gasteiger partial charge in [-0.05, 0) is 86.3 Å². The Balaban J connectivity index is 1.57. The first-order valence-corrected chi connectivity index (χ1v) is 9.88. The van der Waals surface area contributed by atoms with Gasteiger partial charge < -0.3 is 10.2 Å². The number of piperidine rings is 1. The topological polar surface area (TPSA) is 15.3 Å². The Morgan fingerprint density at radius 1 is 1.35 bits per heavy atom. The Hall–Kier alpha value is 0.350. The molecule has 20 heavy (non-hydrogen) atoms. The third-order valence-electron chi connectivity index (χ3n) is 4.55. The van der Waals surface area contributed by atoms with Crippen LogP contribution in [0.3, 0.4) is 0 Å². The minimum absolute atomic E-state index is 0.596. The van der Waals surface area contributed by atoms with Gasteiger partial charge in [-0.25, -0.2) is 0 Å². The van der Waals surface area contributed by atoms with Crippen LogP contribution in [0.5, 0.6) is 0 Å². The summed E-state index contributed by atoms with van der Waals surface area (Å²) in [4.78, 5) is 4.27. The van der Waals surface area contributed by atoms with E-state index in [1.807, 2.05) is 11.3 Å². The summed E-state index contributed by atoms with van der Waals surface area (Å²) in [5.41, 5.74) is 1.59. The average molecular weight is 404 g/mol. The van der Waals surface area contributed by atoms with E-state index < -0.39 is 0 Å². The highest BCUT2D eigenvalue weighted by atomic mass is 127. The van der Waals surface area contributed by atoms with Gasteiger partial charge in [-0.15, -0.1) is 11.3 Å². The molecule has 1 aliphatic carbocycles. The SMILES string of the molecule is CC(CN1CCCCC1)NC1CCCc2sc(I)cc21. The van der Waals surface area contributed by atoms with Gasteiger partial charge >= 0.3 is 0 Å². The van der Waals surface area contributed by atoms with E-state index in [1.54, 1.807) is 10.4 Å². The molecule has 0 radical (unpaired) electrons. The number of hydrogen-bond donors (Lipinski definition) is 1. The van der Waals surface area contributed by atoms with Crippen LogP contribution in [0.1, 0.15) is 55.5 Å². The maximum absolute atomic E-state index is 3.90. The second-order valence-electron chi connectivity index (χ2n) is 6.30. The number of nitrogens with zero attached hydrogens (tertiary/aromatic N) is 1. The molecular weight excluding hydrogens is 379 g/mol. The van der Waals surface area contributed by atoms with Gasteiger partial charge in [0.25, 0.3) is 0 Å². The van der Waals surface area contributed by atoms with Crippen LogP contribution in [-0.2, 0) is 6.42 Å². The minimum atomic E-state index is 0.596. The summed E-state index contributed by atoms with van der Waals surface area (Å²) in [5, 5.41) is 3.90. The average Bonchev–Trinajstić information content (AvgIpc) is 2.81. The fraction of sp³-hybridized carbons (Fsp3) is 0.750. The van der Waals surface area contributed by atoms with Gasteiger partial charge in [0.15, 0.2) is 0 Å². The van der Waals surface area contributed by atoms with Crippen LogP contribution < -0.4 is 5.32 Å². The second kappa shape index (κ2) is 7.07. The van der Waals surface area contributed by atoms with Gasteiger partial charge in [-0.2, -0.15) is 0 Å². The van der Waals surface area contributed by atoms with Crippen molar-refractivity contribution < 1.29 is 0 Å². The lowest BCUT2D eigenvalue weighted by Gasteiger charge is -2.32. The zero-order valence-electron chi connectivity index (χ0n) is 12.3. The monoisotopic (exact) mass is 404 g/mol. The van der Waals surface area contributed by atoms with Crippen molar-refractivity contribution in [1.29, 1.82) is 0 Å². The van der Waals surface area contributed by atoms with Crippen molar-refractivity contribution in [2.45, 2.75) is 57.5 Å². The Labute approximate surface area is 140 Å². The molecule has 1 aromatic heterocycles. The van der Waals surface area contributed by atoms with Gasteiger partial charge in [0.05, 0.1) is 2.88 Å². The molecule has 1 N–H and O–H groups in total. The van der Waals surface area contributed by atoms with Crippen LogP contribution >= 0.6 is 33.9 Å². The summed E-state index contributed by atoms with van der Waals surface area (Å²) in [6.45, 7) is 6.18. The number of halogens is 1. The van der Waals surface area contributed by atoms with E-state index in [4.69, 9.17) is 0 Å². The van der Waals surface area contributed by atoms with Crippen molar-refractivity contribution >= 4 is 33.9 Å². The zero-order valence-corrected chi connectivity index (χ0v) is 15.3. The van der Waals surface area contributed by atoms with E-state index >= 15 is 0 Å². The molecule has 2 aliphatic rings. The van der Waals surface area contributed by atoms with E-state index in [9.17, 15) is 0 Å². The molecule has 1 saturated heterocycles. The van der Waals surface area contributed by atoms with Gasteiger partial charge in [-0.1, -0.05) is 6.42 Å². The first-order valence-electron chi connectivity index (χ1n) is 7.99. The van der Waals surface area contributed by atoms with E-state index in [1.165, 1.54) is 61.0 Å². The Kier molecular flexibility index (Phi) is 5.39. The summed E-state index contributed by atoms with van der Waals surface area (Å²) in [7, 11) is 0. The highest BCUT2D eigenvalue weighted by Crippen LogP contribution is 2.36. The van der Waals surface area contributed by atoms with Crippen molar-refractivity contribution in [2.75, 3.05) is 19.6 Å². The van der Waals surface area contributed by atoms with Crippen LogP contribution in [0.2, 0.25) is 0 Å². The fourth-order valence-corrected chi connectivity index (χ4v) is 5.74. The molecular formula is C16H25IN2S. The van der Waals surface area contributed by atoms with E-state index in [0.29, 0.717) is 12.1 Å². The van der Waals surface area contributed by atoms with E-state index in [-0.39, 0.29) is 0 Å². The van der Waals surface area contributed by atoms with Crippen LogP contribution in [-0.4, -0.2) is 30.6 Å². The molecule has 0 amide bonds. The molecule has 1 aromatic rings. The van der Waals surface area contributed by atoms with Crippen molar-refractivity contribution in [2.24, 2.45) is 0 Å². The smallest absolute Gasteiger partial charge is 0.0659 e. The van der Waals surface area contributed by atoms with Gasteiger partial charge in [0, 0.05) is 23.5 Å². The Morgan fingerprint density at radius 2 is 2.15 bits per heavy atom. The first kappa shape index (κ1) is 15.3. The molecule has 2 heterocycles. The molecule has 1 fully saturated rings. The zero-order chi connectivity index (χ0) is 13.9. The van der Waals surface area contributed by atoms with E-state index in [2.05, 4.69) is 45.8 Å². The Morgan fingerprint density at radius 3 is 2.95 bits per heavy atom. The van der Waals surface area contributed by atoms with Crippen LogP contribution in [0, 0.1) is 2.88 Å². The van der Waals surface area contributed by atoms with Crippen LogP contribution in [0.25, 0.3) is 0 Å². The van der Waals surface area contributed by atoms with Gasteiger partial charge in [-0.3, -0.25) is 0 Å². The third-order valence-corrected chi connectivity index (χ3v) is 6.52. The molecule has 4 heteroatoms. The number of fused-ring (bicyclic) bond motifs is 1. The molecule has 2 unspecified atom stereocenters. The summed E-state index contributed by atoms with van der Waals surface area (Å²) in [5.74, 6) is 0. The lowest BCUT2D eigenvalue weighted by atomic mass is 9.93. The highest BCUT2D eigenvalue weighted by Gasteiger charge is 2.24. The summed E-state index contributed by atoms with van der Waals surface area (Å²) < 4.78 is 1.45. The molecule has 0 bridgehead atoms. The molecule has 3 rings (SSSR count). The highest BCUT2D eigenvalue weighted by molar-refractivity contribution is 14.1. The van der Waals surface area contributed by atoms with Crippen molar-refractivity contribution in [3.8, 4) is 0 Å². The largest absolute Gasteiger partial charge is 0.306 e. The quantitative estimate of drug-likeness (QED) is 0.757. The lowest BCUT2D eigenvalue weighted by Crippen LogP contribution is -2.43. The van der Waals surface area contributed by atoms with Gasteiger partial charge in [0.1, 0.15) is 0 Å². The molecule has 0 aromatic carbocycles. The third kappa shape index (κ3) is 3.76. The first-order chi connectivity index (χ1) is 9.72. The standard InChI is InChI=1S/C16H25IN2S/c1-12(11-19-8-3-2-4-9-19)18-14-6-5-7-15-13(14)10-16(17)20-15/h10,12,14,18H,2-9,11H2,1H3. The number of thiophene rings is 1. The summed E-state index contributed by atoms with van der Waals surface area (Å²) in [6.07, 6.45) is 8.16. The van der Waals surface area contributed by atoms with E-state index in [0.717, 1.165) is 0 Å². The second-order valence-corrected chi connectivity index (χ2v) is 9.33. The van der Waals surface area contributed by atoms with Gasteiger partial charge in [0.2, 0.25) is 0 Å². The number of nitrogens with one attached hydrogen (secondary N) is 1. The molecule has 0 spiro atoms. The minimum Gasteiger partial charge on any atom is -0.306 e. The Bertz CT molecular complexity index is 440. The number of likely N-dealkylation sites (tertiary alicyclic amines) is 1. The van der Waals surface area contributed by atoms with Crippen LogP contribution in [0.4, 0.5) is 0 Å². The number of aryl methyl sites for hydroxylation is 1. The predicted molar refractivity (Wildman–Crippen MR) is 95.6 cm³/mol. The van der Waals surface area contributed by atoms with Crippen molar-refractivity contribution in [3.05, 3.63) is 19.4 Å². The number of rotatable bonds is 4. The van der Waals surface area contributed by atoms with Crippen molar-refractivity contribution in [3.63, 3.8) is 0 Å². The molecule has 2 atom stereocenters. The summed E-state index contributed by atoms with van der Waals surface area (Å²) in [6, 6.07) is 3.60. The fourth-order valence-electron chi connectivity index (χ4n) is 3.62. The molecule has 0 saturated carbocycles. The predicted octanol–water partition coefficient (Wildman–Crippen LogP) is 4.19. The molecule has 1 aliphatic heterocycles. The lowest BCUT2D eigenvalue weighted by molar-refractivity contribution is 0.202. The molecule has 112 valence electrons. The summed E-state index contributed by atoms with van der Waals surface area (Å²) >= 11 is 4.46. The normalized spacial score (nSPS) is 25.4.